The van der Waals surface area contributed by atoms with Gasteiger partial charge in [0.1, 0.15) is 0 Å². The molecule has 1 aromatic heterocycles. The highest BCUT2D eigenvalue weighted by Crippen LogP contribution is 2.24. The van der Waals surface area contributed by atoms with Crippen LogP contribution < -0.4 is 5.32 Å². The molecule has 0 radical (unpaired) electrons. The van der Waals surface area contributed by atoms with Crippen molar-refractivity contribution in [3.05, 3.63) is 71.4 Å². The summed E-state index contributed by atoms with van der Waals surface area (Å²) in [6, 6.07) is 16.4. The summed E-state index contributed by atoms with van der Waals surface area (Å²) in [5.41, 5.74) is 2.05. The first-order valence-electron chi connectivity index (χ1n) is 9.31. The van der Waals surface area contributed by atoms with Gasteiger partial charge in [-0.05, 0) is 49.2 Å². The van der Waals surface area contributed by atoms with Crippen LogP contribution in [-0.2, 0) is 4.79 Å². The van der Waals surface area contributed by atoms with Crippen molar-refractivity contribution in [1.82, 2.24) is 9.88 Å². The molecule has 3 aromatic rings. The zero-order valence-corrected chi connectivity index (χ0v) is 16.0. The van der Waals surface area contributed by atoms with E-state index < -0.39 is 0 Å². The maximum Gasteiger partial charge on any atom is 0.253 e. The summed E-state index contributed by atoms with van der Waals surface area (Å²) in [4.78, 5) is 31.7. The molecule has 1 atom stereocenters. The van der Waals surface area contributed by atoms with E-state index in [1.54, 1.807) is 35.4 Å². The first kappa shape index (κ1) is 18.4. The van der Waals surface area contributed by atoms with Crippen LogP contribution in [0.2, 0.25) is 5.02 Å². The topological polar surface area (TPSA) is 62.3 Å². The number of nitrogens with one attached hydrogen (secondary N) is 1. The second kappa shape index (κ2) is 7.98. The minimum Gasteiger partial charge on any atom is -0.338 e. The van der Waals surface area contributed by atoms with Crippen molar-refractivity contribution in [2.45, 2.75) is 12.8 Å². The van der Waals surface area contributed by atoms with E-state index in [-0.39, 0.29) is 17.7 Å². The predicted octanol–water partition coefficient (Wildman–Crippen LogP) is 4.38. The van der Waals surface area contributed by atoms with Crippen molar-refractivity contribution in [1.29, 1.82) is 0 Å². The number of aromatic nitrogens is 1. The lowest BCUT2D eigenvalue weighted by molar-refractivity contribution is -0.121. The van der Waals surface area contributed by atoms with Gasteiger partial charge in [-0.15, -0.1) is 0 Å². The van der Waals surface area contributed by atoms with E-state index in [0.717, 1.165) is 23.7 Å². The molecule has 2 aromatic carbocycles. The maximum atomic E-state index is 12.9. The van der Waals surface area contributed by atoms with E-state index in [1.165, 1.54) is 0 Å². The van der Waals surface area contributed by atoms with Crippen molar-refractivity contribution in [3.63, 3.8) is 0 Å². The van der Waals surface area contributed by atoms with Gasteiger partial charge in [0.05, 0.1) is 17.1 Å². The molecule has 6 heteroatoms. The van der Waals surface area contributed by atoms with E-state index in [1.807, 2.05) is 30.3 Å². The molecule has 2 amide bonds. The summed E-state index contributed by atoms with van der Waals surface area (Å²) in [6.45, 7) is 1.06. The van der Waals surface area contributed by atoms with Crippen LogP contribution in [0, 0.1) is 5.92 Å². The lowest BCUT2D eigenvalue weighted by Crippen LogP contribution is -2.43. The molecule has 0 spiro atoms. The molecule has 1 aliphatic heterocycles. The van der Waals surface area contributed by atoms with E-state index in [4.69, 9.17) is 11.6 Å². The number of pyridine rings is 1. The SMILES string of the molecule is O=C(Nc1cccc2cccnc12)[C@H]1CCCN(C(=O)c2ccc(Cl)cc2)C1. The molecule has 142 valence electrons. The molecule has 0 unspecified atom stereocenters. The van der Waals surface area contributed by atoms with Gasteiger partial charge in [-0.3, -0.25) is 14.6 Å². The number of benzene rings is 2. The van der Waals surface area contributed by atoms with Crippen LogP contribution >= 0.6 is 11.6 Å². The molecule has 2 heterocycles. The number of rotatable bonds is 3. The highest BCUT2D eigenvalue weighted by atomic mass is 35.5. The Morgan fingerprint density at radius 2 is 1.86 bits per heavy atom. The van der Waals surface area contributed by atoms with Crippen molar-refractivity contribution < 1.29 is 9.59 Å². The smallest absolute Gasteiger partial charge is 0.253 e. The molecule has 1 aliphatic rings. The molecule has 28 heavy (non-hydrogen) atoms. The van der Waals surface area contributed by atoms with E-state index in [0.29, 0.717) is 29.4 Å². The highest BCUT2D eigenvalue weighted by Gasteiger charge is 2.29. The van der Waals surface area contributed by atoms with Crippen molar-refractivity contribution in [3.8, 4) is 0 Å². The van der Waals surface area contributed by atoms with Gasteiger partial charge in [0, 0.05) is 35.3 Å². The molecule has 5 nitrogen and oxygen atoms in total. The largest absolute Gasteiger partial charge is 0.338 e. The first-order chi connectivity index (χ1) is 13.6. The number of hydrogen-bond acceptors (Lipinski definition) is 3. The number of likely N-dealkylation sites (tertiary alicyclic amines) is 1. The third-order valence-corrected chi connectivity index (χ3v) is 5.31. The molecule has 0 aliphatic carbocycles. The van der Waals surface area contributed by atoms with E-state index >= 15 is 0 Å². The Morgan fingerprint density at radius 3 is 2.68 bits per heavy atom. The molecule has 1 saturated heterocycles. The molecular weight excluding hydrogens is 374 g/mol. The number of anilines is 1. The van der Waals surface area contributed by atoms with Gasteiger partial charge < -0.3 is 10.2 Å². The Bertz CT molecular complexity index is 1010. The standard InChI is InChI=1S/C22H20ClN3O2/c23-18-10-8-16(9-11-18)22(28)26-13-3-6-17(14-26)21(27)25-19-7-1-4-15-5-2-12-24-20(15)19/h1-2,4-5,7-12,17H,3,6,13-14H2,(H,25,27)/t17-/m0/s1. The monoisotopic (exact) mass is 393 g/mol. The number of piperidine rings is 1. The average Bonchev–Trinajstić information content (AvgIpc) is 2.74. The molecule has 0 saturated carbocycles. The fourth-order valence-corrected chi connectivity index (χ4v) is 3.72. The van der Waals surface area contributed by atoms with Crippen molar-refractivity contribution in [2.75, 3.05) is 18.4 Å². The Kier molecular flexibility index (Phi) is 5.26. The third-order valence-electron chi connectivity index (χ3n) is 5.06. The van der Waals surface area contributed by atoms with Crippen LogP contribution in [0.15, 0.2) is 60.8 Å². The first-order valence-corrected chi connectivity index (χ1v) is 9.69. The van der Waals surface area contributed by atoms with Gasteiger partial charge in [-0.1, -0.05) is 29.8 Å². The molecule has 0 bridgehead atoms. The van der Waals surface area contributed by atoms with Crippen LogP contribution in [0.3, 0.4) is 0 Å². The zero-order valence-electron chi connectivity index (χ0n) is 15.3. The molecular formula is C22H20ClN3O2. The number of hydrogen-bond donors (Lipinski definition) is 1. The highest BCUT2D eigenvalue weighted by molar-refractivity contribution is 6.30. The van der Waals surface area contributed by atoms with Gasteiger partial charge in [0.25, 0.3) is 5.91 Å². The number of para-hydroxylation sites is 1. The average molecular weight is 394 g/mol. The van der Waals surface area contributed by atoms with Crippen LogP contribution in [0.25, 0.3) is 10.9 Å². The van der Waals surface area contributed by atoms with Gasteiger partial charge in [-0.25, -0.2) is 0 Å². The summed E-state index contributed by atoms with van der Waals surface area (Å²) in [6.07, 6.45) is 3.27. The molecule has 1 fully saturated rings. The Hall–Kier alpha value is -2.92. The second-order valence-corrected chi connectivity index (χ2v) is 7.40. The Balaban J connectivity index is 1.47. The lowest BCUT2D eigenvalue weighted by atomic mass is 9.96. The normalized spacial score (nSPS) is 16.8. The summed E-state index contributed by atoms with van der Waals surface area (Å²) >= 11 is 5.90. The van der Waals surface area contributed by atoms with E-state index in [9.17, 15) is 9.59 Å². The summed E-state index contributed by atoms with van der Waals surface area (Å²) in [5.74, 6) is -0.392. The quantitative estimate of drug-likeness (QED) is 0.718. The molecule has 1 N–H and O–H groups in total. The number of carbonyl (C=O) groups is 2. The number of carbonyl (C=O) groups excluding carboxylic acids is 2. The van der Waals surface area contributed by atoms with Crippen LogP contribution in [-0.4, -0.2) is 34.8 Å². The van der Waals surface area contributed by atoms with Gasteiger partial charge in [-0.2, -0.15) is 0 Å². The van der Waals surface area contributed by atoms with Crippen molar-refractivity contribution in [2.24, 2.45) is 5.92 Å². The van der Waals surface area contributed by atoms with E-state index in [2.05, 4.69) is 10.3 Å². The van der Waals surface area contributed by atoms with Crippen LogP contribution in [0.5, 0.6) is 0 Å². The number of fused-ring (bicyclic) bond motifs is 1. The number of amides is 2. The second-order valence-electron chi connectivity index (χ2n) is 6.97. The predicted molar refractivity (Wildman–Crippen MR) is 110 cm³/mol. The summed E-state index contributed by atoms with van der Waals surface area (Å²) < 4.78 is 0. The fraction of sp³-hybridized carbons (Fsp3) is 0.227. The Morgan fingerprint density at radius 1 is 1.07 bits per heavy atom. The lowest BCUT2D eigenvalue weighted by Gasteiger charge is -2.32. The summed E-state index contributed by atoms with van der Waals surface area (Å²) in [7, 11) is 0. The summed E-state index contributed by atoms with van der Waals surface area (Å²) in [5, 5.41) is 4.57. The maximum absolute atomic E-state index is 12.9. The minimum absolute atomic E-state index is 0.0685. The van der Waals surface area contributed by atoms with Crippen molar-refractivity contribution >= 4 is 40.0 Å². The third kappa shape index (κ3) is 3.85. The van der Waals surface area contributed by atoms with Gasteiger partial charge >= 0.3 is 0 Å². The van der Waals surface area contributed by atoms with Crippen LogP contribution in [0.4, 0.5) is 5.69 Å². The van der Waals surface area contributed by atoms with Gasteiger partial charge in [0.2, 0.25) is 5.91 Å². The fourth-order valence-electron chi connectivity index (χ4n) is 3.59. The van der Waals surface area contributed by atoms with Crippen LogP contribution in [0.1, 0.15) is 23.2 Å². The number of halogens is 1. The van der Waals surface area contributed by atoms with Gasteiger partial charge in [0.15, 0.2) is 0 Å². The zero-order chi connectivity index (χ0) is 19.5. The minimum atomic E-state index is -0.246. The Labute approximate surface area is 168 Å². The number of nitrogens with zero attached hydrogens (tertiary/aromatic N) is 2. The molecule has 4 rings (SSSR count).